The fourth-order valence-corrected chi connectivity index (χ4v) is 4.82. The second-order valence-corrected chi connectivity index (χ2v) is 9.18. The molecule has 1 spiro atoms. The SMILES string of the molecule is C#CCCC1(CCC(=O)N2CC3(CCOCC3)C2c2cnn(CC(C)C)c2)N=N1. The predicted octanol–water partition coefficient (Wildman–Crippen LogP) is 3.57. The Hall–Kier alpha value is -2.20. The van der Waals surface area contributed by atoms with Crippen LogP contribution in [0, 0.1) is 23.7 Å². The van der Waals surface area contributed by atoms with Crippen molar-refractivity contribution in [1.82, 2.24) is 14.7 Å². The number of hydrogen-bond donors (Lipinski definition) is 0. The Kier molecular flexibility index (Phi) is 5.48. The zero-order valence-corrected chi connectivity index (χ0v) is 17.5. The summed E-state index contributed by atoms with van der Waals surface area (Å²) in [6, 6.07) is 0.0922. The van der Waals surface area contributed by atoms with Gasteiger partial charge >= 0.3 is 0 Å². The highest BCUT2D eigenvalue weighted by Gasteiger charge is 2.55. The molecule has 0 radical (unpaired) electrons. The molecule has 0 bridgehead atoms. The minimum absolute atomic E-state index is 0.0922. The number of carbonyl (C=O) groups excluding carboxylic acids is 1. The number of amides is 1. The van der Waals surface area contributed by atoms with Crippen molar-refractivity contribution < 1.29 is 9.53 Å². The first-order valence-corrected chi connectivity index (χ1v) is 10.7. The van der Waals surface area contributed by atoms with Crippen LogP contribution in [0.15, 0.2) is 22.6 Å². The van der Waals surface area contributed by atoms with Crippen molar-refractivity contribution in [1.29, 1.82) is 0 Å². The van der Waals surface area contributed by atoms with Gasteiger partial charge in [0.1, 0.15) is 0 Å². The van der Waals surface area contributed by atoms with Crippen molar-refractivity contribution in [2.24, 2.45) is 21.6 Å². The van der Waals surface area contributed by atoms with Crippen molar-refractivity contribution in [3.05, 3.63) is 18.0 Å². The van der Waals surface area contributed by atoms with Crippen molar-refractivity contribution in [2.45, 2.75) is 70.6 Å². The Morgan fingerprint density at radius 2 is 2.10 bits per heavy atom. The molecule has 0 aliphatic carbocycles. The third-order valence-electron chi connectivity index (χ3n) is 6.50. The van der Waals surface area contributed by atoms with Crippen LogP contribution in [-0.2, 0) is 16.1 Å². The summed E-state index contributed by atoms with van der Waals surface area (Å²) in [5, 5.41) is 12.9. The van der Waals surface area contributed by atoms with Crippen LogP contribution < -0.4 is 0 Å². The number of aromatic nitrogens is 2. The molecule has 4 heterocycles. The Balaban J connectivity index is 1.45. The molecule has 1 aromatic rings. The van der Waals surface area contributed by atoms with Crippen LogP contribution >= 0.6 is 0 Å². The van der Waals surface area contributed by atoms with Gasteiger partial charge in [0, 0.05) is 69.2 Å². The standard InChI is InChI=1S/C22H31N5O2/c1-4-5-7-22(24-25-22)8-6-19(28)27-16-21(9-11-29-12-10-21)20(27)18-13-23-26(15-18)14-17(2)3/h1,13,15,17,20H,5-12,14,16H2,2-3H3. The number of likely N-dealkylation sites (tertiary alicyclic amines) is 1. The summed E-state index contributed by atoms with van der Waals surface area (Å²) >= 11 is 0. The van der Waals surface area contributed by atoms with Crippen LogP contribution in [0.4, 0.5) is 0 Å². The zero-order chi connectivity index (χ0) is 20.5. The van der Waals surface area contributed by atoms with E-state index in [0.717, 1.165) is 51.1 Å². The van der Waals surface area contributed by atoms with E-state index in [4.69, 9.17) is 11.2 Å². The molecular weight excluding hydrogens is 366 g/mol. The molecule has 0 aromatic carbocycles. The first kappa shape index (κ1) is 20.1. The van der Waals surface area contributed by atoms with E-state index in [2.05, 4.69) is 41.3 Å². The maximum atomic E-state index is 13.1. The average molecular weight is 398 g/mol. The molecule has 3 aliphatic rings. The Morgan fingerprint density at radius 3 is 2.76 bits per heavy atom. The lowest BCUT2D eigenvalue weighted by Crippen LogP contribution is -2.62. The van der Waals surface area contributed by atoms with Gasteiger partial charge in [-0.05, 0) is 18.8 Å². The van der Waals surface area contributed by atoms with Crippen LogP contribution in [-0.4, -0.2) is 46.0 Å². The number of rotatable bonds is 8. The molecule has 0 N–H and O–H groups in total. The molecule has 156 valence electrons. The summed E-state index contributed by atoms with van der Waals surface area (Å²) < 4.78 is 7.62. The summed E-state index contributed by atoms with van der Waals surface area (Å²) in [5.74, 6) is 3.36. The van der Waals surface area contributed by atoms with Gasteiger partial charge in [-0.15, -0.1) is 12.3 Å². The molecule has 29 heavy (non-hydrogen) atoms. The van der Waals surface area contributed by atoms with E-state index in [9.17, 15) is 4.79 Å². The molecule has 1 atom stereocenters. The fraction of sp³-hybridized carbons (Fsp3) is 0.727. The monoisotopic (exact) mass is 397 g/mol. The van der Waals surface area contributed by atoms with Crippen LogP contribution in [0.1, 0.15) is 64.0 Å². The third kappa shape index (κ3) is 4.09. The summed E-state index contributed by atoms with van der Waals surface area (Å²) in [6.45, 7) is 7.60. The van der Waals surface area contributed by atoms with Crippen molar-refractivity contribution >= 4 is 5.91 Å². The van der Waals surface area contributed by atoms with Gasteiger partial charge in [0.25, 0.3) is 0 Å². The maximum absolute atomic E-state index is 13.1. The average Bonchev–Trinajstić information content (AvgIpc) is 3.34. The molecule has 1 amide bonds. The molecule has 1 unspecified atom stereocenters. The van der Waals surface area contributed by atoms with E-state index >= 15 is 0 Å². The zero-order valence-electron chi connectivity index (χ0n) is 17.5. The van der Waals surface area contributed by atoms with Crippen LogP contribution in [0.2, 0.25) is 0 Å². The van der Waals surface area contributed by atoms with E-state index in [-0.39, 0.29) is 17.4 Å². The van der Waals surface area contributed by atoms with E-state index in [0.29, 0.717) is 25.2 Å². The molecule has 3 aliphatic heterocycles. The molecule has 2 fully saturated rings. The summed E-state index contributed by atoms with van der Waals surface area (Å²) in [7, 11) is 0. The van der Waals surface area contributed by atoms with Gasteiger partial charge in [-0.25, -0.2) is 0 Å². The minimum Gasteiger partial charge on any atom is -0.381 e. The molecule has 4 rings (SSSR count). The van der Waals surface area contributed by atoms with E-state index in [1.807, 2.05) is 15.8 Å². The van der Waals surface area contributed by atoms with Crippen molar-refractivity contribution in [2.75, 3.05) is 19.8 Å². The summed E-state index contributed by atoms with van der Waals surface area (Å²) in [6.07, 6.45) is 13.9. The smallest absolute Gasteiger partial charge is 0.223 e. The lowest BCUT2D eigenvalue weighted by atomic mass is 9.64. The van der Waals surface area contributed by atoms with Gasteiger partial charge < -0.3 is 9.64 Å². The van der Waals surface area contributed by atoms with Gasteiger partial charge in [-0.2, -0.15) is 15.3 Å². The number of hydrogen-bond acceptors (Lipinski definition) is 5. The number of terminal acetylenes is 1. The van der Waals surface area contributed by atoms with Gasteiger partial charge in [0.2, 0.25) is 5.91 Å². The normalized spacial score (nSPS) is 23.8. The van der Waals surface area contributed by atoms with Gasteiger partial charge in [0.15, 0.2) is 5.66 Å². The lowest BCUT2D eigenvalue weighted by molar-refractivity contribution is -0.169. The Morgan fingerprint density at radius 1 is 1.34 bits per heavy atom. The lowest BCUT2D eigenvalue weighted by Gasteiger charge is -2.59. The second-order valence-electron chi connectivity index (χ2n) is 9.18. The van der Waals surface area contributed by atoms with E-state index in [1.54, 1.807) is 0 Å². The summed E-state index contributed by atoms with van der Waals surface area (Å²) in [5.41, 5.74) is 0.866. The maximum Gasteiger partial charge on any atom is 0.223 e. The largest absolute Gasteiger partial charge is 0.381 e. The Labute approximate surface area is 172 Å². The number of ether oxygens (including phenoxy) is 1. The Bertz CT molecular complexity index is 809. The first-order valence-electron chi connectivity index (χ1n) is 10.7. The van der Waals surface area contributed by atoms with Gasteiger partial charge in [-0.3, -0.25) is 9.48 Å². The molecule has 0 saturated carbocycles. The molecule has 2 saturated heterocycles. The second kappa shape index (κ2) is 7.91. The highest BCUT2D eigenvalue weighted by Crippen LogP contribution is 2.55. The molecule has 7 heteroatoms. The highest BCUT2D eigenvalue weighted by atomic mass is 16.5. The predicted molar refractivity (Wildman–Crippen MR) is 109 cm³/mol. The van der Waals surface area contributed by atoms with Crippen LogP contribution in [0.3, 0.4) is 0 Å². The van der Waals surface area contributed by atoms with Crippen molar-refractivity contribution in [3.63, 3.8) is 0 Å². The fourth-order valence-electron chi connectivity index (χ4n) is 4.82. The first-order chi connectivity index (χ1) is 14.0. The van der Waals surface area contributed by atoms with Crippen LogP contribution in [0.25, 0.3) is 0 Å². The van der Waals surface area contributed by atoms with Gasteiger partial charge in [0.05, 0.1) is 12.2 Å². The quantitative estimate of drug-likeness (QED) is 0.630. The minimum atomic E-state index is -0.402. The van der Waals surface area contributed by atoms with Crippen LogP contribution in [0.5, 0.6) is 0 Å². The molecule has 1 aromatic heterocycles. The van der Waals surface area contributed by atoms with Gasteiger partial charge in [-0.1, -0.05) is 13.8 Å². The third-order valence-corrected chi connectivity index (χ3v) is 6.50. The van der Waals surface area contributed by atoms with E-state index < -0.39 is 5.66 Å². The summed E-state index contributed by atoms with van der Waals surface area (Å²) in [4.78, 5) is 15.2. The topological polar surface area (TPSA) is 72.1 Å². The van der Waals surface area contributed by atoms with E-state index in [1.165, 1.54) is 0 Å². The molecular formula is C22H31N5O2. The number of carbonyl (C=O) groups is 1. The number of nitrogens with zero attached hydrogens (tertiary/aromatic N) is 5. The van der Waals surface area contributed by atoms with Crippen molar-refractivity contribution in [3.8, 4) is 12.3 Å². The highest BCUT2D eigenvalue weighted by molar-refractivity contribution is 5.78. The molecule has 7 nitrogen and oxygen atoms in total.